The molecule has 2 aromatic carbocycles. The lowest BCUT2D eigenvalue weighted by molar-refractivity contribution is 0.103. The highest BCUT2D eigenvalue weighted by molar-refractivity contribution is 6.11. The van der Waals surface area contributed by atoms with Crippen LogP contribution in [0, 0.1) is 6.92 Å². The summed E-state index contributed by atoms with van der Waals surface area (Å²) in [7, 11) is 1.54. The Morgan fingerprint density at radius 1 is 1.14 bits per heavy atom. The van der Waals surface area contributed by atoms with Crippen LogP contribution in [0.5, 0.6) is 11.5 Å². The van der Waals surface area contributed by atoms with Gasteiger partial charge >= 0.3 is 0 Å². The van der Waals surface area contributed by atoms with E-state index in [1.54, 1.807) is 25.3 Å². The third kappa shape index (κ3) is 3.16. The number of carbonyl (C=O) groups excluding carboxylic acids is 1. The van der Waals surface area contributed by atoms with Crippen molar-refractivity contribution in [1.82, 2.24) is 0 Å². The van der Waals surface area contributed by atoms with Crippen LogP contribution in [-0.2, 0) is 0 Å². The fourth-order valence-electron chi connectivity index (χ4n) is 2.13. The molecule has 2 rings (SSSR count). The van der Waals surface area contributed by atoms with E-state index in [0.717, 1.165) is 5.56 Å². The lowest BCUT2D eigenvalue weighted by Gasteiger charge is -2.11. The van der Waals surface area contributed by atoms with Crippen molar-refractivity contribution in [3.8, 4) is 11.5 Å². The molecule has 2 aromatic rings. The van der Waals surface area contributed by atoms with Gasteiger partial charge in [-0.1, -0.05) is 11.6 Å². The highest BCUT2D eigenvalue weighted by Crippen LogP contribution is 2.27. The molecule has 0 heterocycles. The van der Waals surface area contributed by atoms with E-state index < -0.39 is 0 Å². The van der Waals surface area contributed by atoms with Gasteiger partial charge in [0.1, 0.15) is 11.5 Å². The number of hydrogen-bond donors (Lipinski definition) is 1. The molecule has 0 radical (unpaired) electrons. The minimum atomic E-state index is -0.114. The van der Waals surface area contributed by atoms with Crippen LogP contribution in [0.3, 0.4) is 0 Å². The summed E-state index contributed by atoms with van der Waals surface area (Å²) < 4.78 is 10.6. The minimum absolute atomic E-state index is 0.114. The second-order valence-electron chi connectivity index (χ2n) is 4.72. The van der Waals surface area contributed by atoms with Gasteiger partial charge in [0.15, 0.2) is 5.78 Å². The molecule has 0 aliphatic rings. The molecule has 21 heavy (non-hydrogen) atoms. The van der Waals surface area contributed by atoms with Gasteiger partial charge in [-0.25, -0.2) is 0 Å². The molecule has 4 heteroatoms. The summed E-state index contributed by atoms with van der Waals surface area (Å²) in [5.41, 5.74) is 8.36. The van der Waals surface area contributed by atoms with E-state index in [9.17, 15) is 4.79 Å². The second-order valence-corrected chi connectivity index (χ2v) is 4.72. The Balaban J connectivity index is 2.44. The molecule has 2 N–H and O–H groups in total. The number of hydrogen-bond acceptors (Lipinski definition) is 4. The number of carbonyl (C=O) groups is 1. The van der Waals surface area contributed by atoms with Gasteiger partial charge in [0.25, 0.3) is 0 Å². The minimum Gasteiger partial charge on any atom is -0.495 e. The summed E-state index contributed by atoms with van der Waals surface area (Å²) in [6.45, 7) is 4.34. The first-order valence-corrected chi connectivity index (χ1v) is 6.78. The number of ketones is 1. The predicted octanol–water partition coefficient (Wildman–Crippen LogP) is 3.22. The summed E-state index contributed by atoms with van der Waals surface area (Å²) in [4.78, 5) is 12.7. The van der Waals surface area contributed by atoms with E-state index in [4.69, 9.17) is 15.2 Å². The van der Waals surface area contributed by atoms with Crippen molar-refractivity contribution in [2.75, 3.05) is 19.5 Å². The normalized spacial score (nSPS) is 10.2. The van der Waals surface area contributed by atoms with Crippen molar-refractivity contribution < 1.29 is 14.3 Å². The molecule has 110 valence electrons. The molecule has 0 aliphatic heterocycles. The number of ether oxygens (including phenoxy) is 2. The number of nitrogen functional groups attached to an aromatic ring is 1. The molecule has 0 amide bonds. The first kappa shape index (κ1) is 14.9. The quantitative estimate of drug-likeness (QED) is 0.677. The zero-order valence-corrected chi connectivity index (χ0v) is 12.5. The fraction of sp³-hybridized carbons (Fsp3) is 0.235. The fourth-order valence-corrected chi connectivity index (χ4v) is 2.13. The molecule has 0 aromatic heterocycles. The van der Waals surface area contributed by atoms with Crippen LogP contribution >= 0.6 is 0 Å². The maximum atomic E-state index is 12.7. The van der Waals surface area contributed by atoms with Crippen molar-refractivity contribution in [3.63, 3.8) is 0 Å². The highest BCUT2D eigenvalue weighted by Gasteiger charge is 2.16. The van der Waals surface area contributed by atoms with Crippen molar-refractivity contribution in [2.45, 2.75) is 13.8 Å². The van der Waals surface area contributed by atoms with Crippen molar-refractivity contribution in [2.24, 2.45) is 0 Å². The first-order chi connectivity index (χ1) is 10.1. The predicted molar refractivity (Wildman–Crippen MR) is 83.2 cm³/mol. The molecule has 0 bridgehead atoms. The Kier molecular flexibility index (Phi) is 4.48. The Morgan fingerprint density at radius 2 is 1.86 bits per heavy atom. The van der Waals surface area contributed by atoms with Crippen molar-refractivity contribution in [3.05, 3.63) is 53.1 Å². The molecular weight excluding hydrogens is 266 g/mol. The summed E-state index contributed by atoms with van der Waals surface area (Å²) in [5.74, 6) is 1.03. The average molecular weight is 285 g/mol. The molecule has 0 atom stereocenters. The SMILES string of the molecule is CCOc1ccc(C)cc1C(=O)c1ccc(OC)c(N)c1. The number of methoxy groups -OCH3 is 1. The van der Waals surface area contributed by atoms with Crippen LogP contribution in [0.1, 0.15) is 28.4 Å². The average Bonchev–Trinajstić information content (AvgIpc) is 2.48. The zero-order chi connectivity index (χ0) is 15.4. The van der Waals surface area contributed by atoms with Crippen LogP contribution in [-0.4, -0.2) is 19.5 Å². The van der Waals surface area contributed by atoms with Crippen LogP contribution in [0.2, 0.25) is 0 Å². The number of nitrogens with two attached hydrogens (primary N) is 1. The molecule has 0 spiro atoms. The van der Waals surface area contributed by atoms with Gasteiger partial charge in [0.05, 0.1) is 25.0 Å². The first-order valence-electron chi connectivity index (χ1n) is 6.78. The molecule has 0 aliphatic carbocycles. The van der Waals surface area contributed by atoms with E-state index >= 15 is 0 Å². The zero-order valence-electron chi connectivity index (χ0n) is 12.5. The molecule has 0 saturated carbocycles. The Hall–Kier alpha value is -2.49. The van der Waals surface area contributed by atoms with Gasteiger partial charge in [-0.3, -0.25) is 4.79 Å². The summed E-state index contributed by atoms with van der Waals surface area (Å²) in [6.07, 6.45) is 0. The maximum Gasteiger partial charge on any atom is 0.196 e. The van der Waals surface area contributed by atoms with Gasteiger partial charge in [0, 0.05) is 5.56 Å². The highest BCUT2D eigenvalue weighted by atomic mass is 16.5. The second kappa shape index (κ2) is 6.31. The van der Waals surface area contributed by atoms with E-state index in [-0.39, 0.29) is 5.78 Å². The third-order valence-corrected chi connectivity index (χ3v) is 3.17. The standard InChI is InChI=1S/C17H19NO3/c1-4-21-15-7-5-11(2)9-13(15)17(19)12-6-8-16(20-3)14(18)10-12/h5-10H,4,18H2,1-3H3. The summed E-state index contributed by atoms with van der Waals surface area (Å²) in [6, 6.07) is 10.6. The van der Waals surface area contributed by atoms with Gasteiger partial charge in [-0.2, -0.15) is 0 Å². The lowest BCUT2D eigenvalue weighted by Crippen LogP contribution is -2.07. The van der Waals surface area contributed by atoms with Gasteiger partial charge in [-0.05, 0) is 44.2 Å². The molecule has 0 unspecified atom stereocenters. The van der Waals surface area contributed by atoms with Crippen LogP contribution in [0.15, 0.2) is 36.4 Å². The summed E-state index contributed by atoms with van der Waals surface area (Å²) >= 11 is 0. The topological polar surface area (TPSA) is 61.5 Å². The van der Waals surface area contributed by atoms with E-state index in [1.165, 1.54) is 0 Å². The third-order valence-electron chi connectivity index (χ3n) is 3.17. The number of benzene rings is 2. The van der Waals surface area contributed by atoms with Crippen LogP contribution < -0.4 is 15.2 Å². The molecule has 0 fully saturated rings. The van der Waals surface area contributed by atoms with E-state index in [2.05, 4.69) is 0 Å². The van der Waals surface area contributed by atoms with E-state index in [1.807, 2.05) is 32.0 Å². The largest absolute Gasteiger partial charge is 0.495 e. The Labute approximate surface area is 124 Å². The van der Waals surface area contributed by atoms with Crippen LogP contribution in [0.4, 0.5) is 5.69 Å². The summed E-state index contributed by atoms with van der Waals surface area (Å²) in [5, 5.41) is 0. The number of aryl methyl sites for hydroxylation is 1. The van der Waals surface area contributed by atoms with Gasteiger partial charge < -0.3 is 15.2 Å². The number of anilines is 1. The van der Waals surface area contributed by atoms with Crippen LogP contribution in [0.25, 0.3) is 0 Å². The Morgan fingerprint density at radius 3 is 2.48 bits per heavy atom. The van der Waals surface area contributed by atoms with Gasteiger partial charge in [-0.15, -0.1) is 0 Å². The smallest absolute Gasteiger partial charge is 0.196 e. The molecular formula is C17H19NO3. The maximum absolute atomic E-state index is 12.7. The van der Waals surface area contributed by atoms with E-state index in [0.29, 0.717) is 34.9 Å². The van der Waals surface area contributed by atoms with Gasteiger partial charge in [0.2, 0.25) is 0 Å². The Bertz CT molecular complexity index is 665. The monoisotopic (exact) mass is 285 g/mol. The lowest BCUT2D eigenvalue weighted by atomic mass is 10.00. The molecule has 4 nitrogen and oxygen atoms in total. The number of rotatable bonds is 5. The molecule has 0 saturated heterocycles. The van der Waals surface area contributed by atoms with Crippen molar-refractivity contribution in [1.29, 1.82) is 0 Å². The van der Waals surface area contributed by atoms with Crippen molar-refractivity contribution >= 4 is 11.5 Å².